The van der Waals surface area contributed by atoms with Crippen LogP contribution in [0.1, 0.15) is 29.2 Å². The predicted molar refractivity (Wildman–Crippen MR) is 116 cm³/mol. The van der Waals surface area contributed by atoms with Gasteiger partial charge in [-0.3, -0.25) is 9.09 Å². The molecule has 0 saturated heterocycles. The molecular weight excluding hydrogens is 367 g/mol. The van der Waals surface area contributed by atoms with Gasteiger partial charge in [0.25, 0.3) is 0 Å². The molecule has 0 aliphatic carbocycles. The Morgan fingerprint density at radius 2 is 1.89 bits per heavy atom. The van der Waals surface area contributed by atoms with E-state index in [1.54, 1.807) is 0 Å². The largest absolute Gasteiger partial charge is 0.362 e. The van der Waals surface area contributed by atoms with Crippen LogP contribution in [0.25, 0.3) is 16.8 Å². The molecule has 144 valence electrons. The first-order valence-electron chi connectivity index (χ1n) is 9.70. The van der Waals surface area contributed by atoms with Gasteiger partial charge < -0.3 is 4.52 Å². The van der Waals surface area contributed by atoms with Crippen molar-refractivity contribution in [2.24, 2.45) is 0 Å². The molecule has 3 aromatic carbocycles. The van der Waals surface area contributed by atoms with Crippen LogP contribution in [0, 0.1) is 13.8 Å². The fraction of sp³-hybridized carbons (Fsp3) is 0.250. The summed E-state index contributed by atoms with van der Waals surface area (Å²) in [4.78, 5) is 0. The molecular formula is C24H25O3P. The molecule has 0 saturated carbocycles. The normalized spacial score (nSPS) is 21.9. The van der Waals surface area contributed by atoms with E-state index in [0.717, 1.165) is 27.6 Å². The van der Waals surface area contributed by atoms with Crippen molar-refractivity contribution in [3.63, 3.8) is 0 Å². The number of hydrogen-bond acceptors (Lipinski definition) is 3. The van der Waals surface area contributed by atoms with Gasteiger partial charge in [-0.25, -0.2) is 0 Å². The summed E-state index contributed by atoms with van der Waals surface area (Å²) in [6.07, 6.45) is 4.45. The number of hydrogen-bond donors (Lipinski definition) is 0. The summed E-state index contributed by atoms with van der Waals surface area (Å²) < 4.78 is 25.3. The third kappa shape index (κ3) is 3.58. The van der Waals surface area contributed by atoms with Crippen LogP contribution in [0.4, 0.5) is 0 Å². The molecule has 0 N–H and O–H groups in total. The lowest BCUT2D eigenvalue weighted by atomic mass is 10.0. The Labute approximate surface area is 166 Å². The van der Waals surface area contributed by atoms with Crippen LogP contribution >= 0.6 is 7.60 Å². The molecule has 28 heavy (non-hydrogen) atoms. The first kappa shape index (κ1) is 19.1. The summed E-state index contributed by atoms with van der Waals surface area (Å²) in [5.41, 5.74) is 4.26. The van der Waals surface area contributed by atoms with Crippen LogP contribution < -0.4 is 5.30 Å². The van der Waals surface area contributed by atoms with Gasteiger partial charge in [0.2, 0.25) is 0 Å². The second-order valence-corrected chi connectivity index (χ2v) is 9.16. The Morgan fingerprint density at radius 3 is 2.68 bits per heavy atom. The molecule has 3 nitrogen and oxygen atoms in total. The second-order valence-electron chi connectivity index (χ2n) is 7.24. The minimum atomic E-state index is -3.34. The maximum absolute atomic E-state index is 13.5. The van der Waals surface area contributed by atoms with E-state index in [2.05, 4.69) is 42.5 Å². The summed E-state index contributed by atoms with van der Waals surface area (Å²) in [7, 11) is -3.34. The summed E-state index contributed by atoms with van der Waals surface area (Å²) in [6, 6.07) is 18.8. The quantitative estimate of drug-likeness (QED) is 0.514. The highest BCUT2D eigenvalue weighted by molar-refractivity contribution is 7.62. The van der Waals surface area contributed by atoms with Gasteiger partial charge in [-0.05, 0) is 59.9 Å². The zero-order valence-corrected chi connectivity index (χ0v) is 17.4. The van der Waals surface area contributed by atoms with Crippen molar-refractivity contribution in [2.45, 2.75) is 33.3 Å². The van der Waals surface area contributed by atoms with Crippen molar-refractivity contribution in [1.82, 2.24) is 0 Å². The van der Waals surface area contributed by atoms with Crippen LogP contribution in [0.3, 0.4) is 0 Å². The summed E-state index contributed by atoms with van der Waals surface area (Å²) in [6.45, 7) is 6.22. The molecule has 3 aromatic rings. The SMILES string of the molecule is CCOP1(=O)OC(/C=C/c2ccc3ccccc3c2)Cc2ccc(C)c(C)c21. The fourth-order valence-corrected chi connectivity index (χ4v) is 6.03. The minimum Gasteiger partial charge on any atom is -0.305 e. The first-order chi connectivity index (χ1) is 13.5. The smallest absolute Gasteiger partial charge is 0.305 e. The highest BCUT2D eigenvalue weighted by atomic mass is 31.2. The molecule has 0 spiro atoms. The van der Waals surface area contributed by atoms with Crippen molar-refractivity contribution < 1.29 is 13.6 Å². The molecule has 4 heteroatoms. The number of aryl methyl sites for hydroxylation is 1. The lowest BCUT2D eigenvalue weighted by molar-refractivity contribution is 0.180. The van der Waals surface area contributed by atoms with Gasteiger partial charge in [0.05, 0.1) is 18.0 Å². The molecule has 0 bridgehead atoms. The highest BCUT2D eigenvalue weighted by Crippen LogP contribution is 2.53. The second kappa shape index (κ2) is 7.67. The standard InChI is InChI=1S/C24H25O3P/c1-4-26-28(25)24-18(3)17(2)9-12-22(24)16-23(27-28)14-11-19-10-13-20-7-5-6-8-21(20)15-19/h5-15,23H,4,16H2,1-3H3/b14-11+. The highest BCUT2D eigenvalue weighted by Gasteiger charge is 2.39. The molecule has 1 aliphatic heterocycles. The third-order valence-corrected chi connectivity index (χ3v) is 7.65. The van der Waals surface area contributed by atoms with Crippen LogP contribution in [0.2, 0.25) is 0 Å². The monoisotopic (exact) mass is 392 g/mol. The summed E-state index contributed by atoms with van der Waals surface area (Å²) in [5, 5.41) is 3.17. The van der Waals surface area contributed by atoms with E-state index in [1.165, 1.54) is 10.8 Å². The molecule has 1 aliphatic rings. The molecule has 0 fully saturated rings. The van der Waals surface area contributed by atoms with E-state index >= 15 is 0 Å². The van der Waals surface area contributed by atoms with E-state index in [1.807, 2.05) is 45.1 Å². The lowest BCUT2D eigenvalue weighted by Crippen LogP contribution is -2.30. The average Bonchev–Trinajstić information content (AvgIpc) is 2.69. The minimum absolute atomic E-state index is 0.279. The van der Waals surface area contributed by atoms with E-state index in [9.17, 15) is 4.57 Å². The average molecular weight is 392 g/mol. The van der Waals surface area contributed by atoms with Crippen molar-refractivity contribution in [2.75, 3.05) is 6.61 Å². The van der Waals surface area contributed by atoms with Gasteiger partial charge in [0.1, 0.15) is 0 Å². The van der Waals surface area contributed by atoms with E-state index in [-0.39, 0.29) is 6.10 Å². The van der Waals surface area contributed by atoms with E-state index in [4.69, 9.17) is 9.05 Å². The van der Waals surface area contributed by atoms with Gasteiger partial charge in [-0.15, -0.1) is 0 Å². The maximum atomic E-state index is 13.5. The zero-order valence-electron chi connectivity index (χ0n) is 16.5. The van der Waals surface area contributed by atoms with Crippen molar-refractivity contribution in [1.29, 1.82) is 0 Å². The summed E-state index contributed by atoms with van der Waals surface area (Å²) in [5.74, 6) is 0. The predicted octanol–water partition coefficient (Wildman–Crippen LogP) is 5.97. The topological polar surface area (TPSA) is 35.5 Å². The van der Waals surface area contributed by atoms with Crippen LogP contribution in [-0.4, -0.2) is 12.7 Å². The van der Waals surface area contributed by atoms with Gasteiger partial charge in [0.15, 0.2) is 0 Å². The van der Waals surface area contributed by atoms with Crippen molar-refractivity contribution in [3.8, 4) is 0 Å². The third-order valence-electron chi connectivity index (χ3n) is 5.33. The van der Waals surface area contributed by atoms with E-state index < -0.39 is 7.60 Å². The number of rotatable bonds is 4. The molecule has 2 unspecified atom stereocenters. The van der Waals surface area contributed by atoms with Gasteiger partial charge in [0, 0.05) is 6.42 Å². The van der Waals surface area contributed by atoms with Gasteiger partial charge >= 0.3 is 7.60 Å². The van der Waals surface area contributed by atoms with Crippen molar-refractivity contribution in [3.05, 3.63) is 82.9 Å². The fourth-order valence-electron chi connectivity index (χ4n) is 3.79. The van der Waals surface area contributed by atoms with Gasteiger partial charge in [-0.2, -0.15) is 0 Å². The van der Waals surface area contributed by atoms with Crippen LogP contribution in [-0.2, 0) is 20.0 Å². The molecule has 0 radical (unpaired) electrons. The molecule has 1 heterocycles. The maximum Gasteiger partial charge on any atom is 0.362 e. The zero-order chi connectivity index (χ0) is 19.7. The molecule has 4 rings (SSSR count). The Kier molecular flexibility index (Phi) is 5.25. The van der Waals surface area contributed by atoms with Gasteiger partial charge in [-0.1, -0.05) is 60.7 Å². The van der Waals surface area contributed by atoms with E-state index in [0.29, 0.717) is 13.0 Å². The number of benzene rings is 3. The molecule has 0 amide bonds. The molecule has 2 atom stereocenters. The Morgan fingerprint density at radius 1 is 1.11 bits per heavy atom. The van der Waals surface area contributed by atoms with Crippen molar-refractivity contribution >= 4 is 29.7 Å². The first-order valence-corrected chi connectivity index (χ1v) is 11.2. The van der Waals surface area contributed by atoms with Crippen LogP contribution in [0.5, 0.6) is 0 Å². The van der Waals surface area contributed by atoms with Crippen LogP contribution in [0.15, 0.2) is 60.7 Å². The Balaban J connectivity index is 1.66. The Bertz CT molecular complexity index is 1100. The molecule has 0 aromatic heterocycles. The lowest BCUT2D eigenvalue weighted by Gasteiger charge is -2.31. The number of fused-ring (bicyclic) bond motifs is 2. The Hall–Kier alpha value is -2.19. The summed E-state index contributed by atoms with van der Waals surface area (Å²) >= 11 is 0.